The van der Waals surface area contributed by atoms with Crippen molar-refractivity contribution in [1.29, 1.82) is 0 Å². The number of anilines is 1. The van der Waals surface area contributed by atoms with Crippen molar-refractivity contribution >= 4 is 50.1 Å². The van der Waals surface area contributed by atoms with Gasteiger partial charge in [-0.15, -0.1) is 0 Å². The molecule has 1 saturated heterocycles. The topological polar surface area (TPSA) is 49.4 Å². The minimum atomic E-state index is -3.59. The van der Waals surface area contributed by atoms with E-state index in [2.05, 4.69) is 4.72 Å². The zero-order valence-corrected chi connectivity index (χ0v) is 13.0. The molecule has 0 atom stereocenters. The third-order valence-electron chi connectivity index (χ3n) is 2.68. The normalized spacial score (nSPS) is 17.1. The van der Waals surface area contributed by atoms with E-state index in [1.54, 1.807) is 22.6 Å². The lowest BCUT2D eigenvalue weighted by molar-refractivity contribution is 0.482. The quantitative estimate of drug-likeness (QED) is 0.622. The van der Waals surface area contributed by atoms with Gasteiger partial charge in [0.1, 0.15) is 5.82 Å². The van der Waals surface area contributed by atoms with Gasteiger partial charge >= 0.3 is 10.2 Å². The fourth-order valence-corrected chi connectivity index (χ4v) is 3.78. The largest absolute Gasteiger partial charge is 0.301 e. The molecule has 0 aromatic heterocycles. The lowest BCUT2D eigenvalue weighted by Gasteiger charge is -2.17. The van der Waals surface area contributed by atoms with Crippen LogP contribution in [0.5, 0.6) is 0 Å². The fourth-order valence-electron chi connectivity index (χ4n) is 1.74. The molecular weight excluding hydrogens is 394 g/mol. The Morgan fingerprint density at radius 3 is 2.56 bits per heavy atom. The molecule has 1 N–H and O–H groups in total. The molecule has 1 aromatic rings. The second kappa shape index (κ2) is 5.48. The summed E-state index contributed by atoms with van der Waals surface area (Å²) < 4.78 is 41.2. The van der Waals surface area contributed by atoms with Crippen LogP contribution in [0, 0.1) is 9.39 Å². The number of rotatable bonds is 3. The van der Waals surface area contributed by atoms with Crippen LogP contribution in [0.1, 0.15) is 12.8 Å². The highest BCUT2D eigenvalue weighted by Gasteiger charge is 2.26. The zero-order valence-electron chi connectivity index (χ0n) is 9.29. The summed E-state index contributed by atoms with van der Waals surface area (Å²) in [5, 5.41) is 0.0818. The van der Waals surface area contributed by atoms with Crippen molar-refractivity contribution in [1.82, 2.24) is 4.31 Å². The van der Waals surface area contributed by atoms with Crippen molar-refractivity contribution in [2.24, 2.45) is 0 Å². The third kappa shape index (κ3) is 2.89. The third-order valence-corrected chi connectivity index (χ3v) is 5.97. The minimum Gasteiger partial charge on any atom is -0.269 e. The van der Waals surface area contributed by atoms with Gasteiger partial charge in [-0.1, -0.05) is 11.6 Å². The van der Waals surface area contributed by atoms with E-state index in [1.807, 2.05) is 0 Å². The highest BCUT2D eigenvalue weighted by molar-refractivity contribution is 14.1. The Bertz CT molecular complexity index is 561. The monoisotopic (exact) mass is 404 g/mol. The number of benzene rings is 1. The molecule has 0 amide bonds. The zero-order chi connectivity index (χ0) is 13.3. The van der Waals surface area contributed by atoms with Gasteiger partial charge < -0.3 is 0 Å². The summed E-state index contributed by atoms with van der Waals surface area (Å²) in [7, 11) is -3.59. The SMILES string of the molecule is O=S(=O)(Nc1ccc(F)c(I)c1Cl)N1CCCC1. The Morgan fingerprint density at radius 1 is 1.33 bits per heavy atom. The van der Waals surface area contributed by atoms with Gasteiger partial charge in [-0.3, -0.25) is 4.72 Å². The molecule has 4 nitrogen and oxygen atoms in total. The second-order valence-electron chi connectivity index (χ2n) is 3.94. The fraction of sp³-hybridized carbons (Fsp3) is 0.400. The van der Waals surface area contributed by atoms with E-state index in [1.165, 1.54) is 16.4 Å². The Hall–Kier alpha value is -0.120. The van der Waals surface area contributed by atoms with E-state index >= 15 is 0 Å². The lowest BCUT2D eigenvalue weighted by atomic mass is 10.3. The molecule has 0 radical (unpaired) electrons. The summed E-state index contributed by atoms with van der Waals surface area (Å²) in [5.74, 6) is -0.468. The van der Waals surface area contributed by atoms with E-state index in [0.29, 0.717) is 13.1 Å². The maximum atomic E-state index is 13.2. The molecule has 1 heterocycles. The van der Waals surface area contributed by atoms with Crippen molar-refractivity contribution in [3.8, 4) is 0 Å². The number of nitrogens with one attached hydrogen (secondary N) is 1. The summed E-state index contributed by atoms with van der Waals surface area (Å²) in [6, 6.07) is 2.52. The molecular formula is C10H11ClFIN2O2S. The first-order valence-corrected chi connectivity index (χ1v) is 8.23. The molecule has 1 aromatic carbocycles. The van der Waals surface area contributed by atoms with Crippen molar-refractivity contribution < 1.29 is 12.8 Å². The van der Waals surface area contributed by atoms with Gasteiger partial charge in [-0.25, -0.2) is 4.39 Å². The van der Waals surface area contributed by atoms with Gasteiger partial charge in [0.15, 0.2) is 0 Å². The summed E-state index contributed by atoms with van der Waals surface area (Å²) in [4.78, 5) is 0. The molecule has 18 heavy (non-hydrogen) atoms. The highest BCUT2D eigenvalue weighted by Crippen LogP contribution is 2.30. The number of hydrogen-bond donors (Lipinski definition) is 1. The standard InChI is InChI=1S/C10H11ClFIN2O2S/c11-9-8(4-3-7(12)10(9)13)14-18(16,17)15-5-1-2-6-15/h3-4,14H,1-2,5-6H2. The lowest BCUT2D eigenvalue weighted by Crippen LogP contribution is -2.33. The van der Waals surface area contributed by atoms with Crippen LogP contribution >= 0.6 is 34.2 Å². The van der Waals surface area contributed by atoms with Crippen LogP contribution in [0.4, 0.5) is 10.1 Å². The smallest absolute Gasteiger partial charge is 0.269 e. The van der Waals surface area contributed by atoms with Crippen LogP contribution in [-0.4, -0.2) is 25.8 Å². The van der Waals surface area contributed by atoms with Gasteiger partial charge in [0.05, 0.1) is 14.3 Å². The molecule has 1 fully saturated rings. The molecule has 0 bridgehead atoms. The maximum absolute atomic E-state index is 13.2. The van der Waals surface area contributed by atoms with E-state index in [4.69, 9.17) is 11.6 Å². The van der Waals surface area contributed by atoms with Gasteiger partial charge in [0.2, 0.25) is 0 Å². The molecule has 0 saturated carbocycles. The van der Waals surface area contributed by atoms with E-state index in [9.17, 15) is 12.8 Å². The van der Waals surface area contributed by atoms with Crippen molar-refractivity contribution in [3.05, 3.63) is 26.5 Å². The van der Waals surface area contributed by atoms with E-state index in [0.717, 1.165) is 12.8 Å². The average Bonchev–Trinajstić information content (AvgIpc) is 2.84. The Kier molecular flexibility index (Phi) is 4.35. The predicted octanol–water partition coefficient (Wildman–Crippen LogP) is 2.84. The molecule has 0 unspecified atom stereocenters. The molecule has 8 heteroatoms. The first-order valence-electron chi connectivity index (χ1n) is 5.33. The summed E-state index contributed by atoms with van der Waals surface area (Å²) in [6.07, 6.45) is 1.71. The summed E-state index contributed by atoms with van der Waals surface area (Å²) in [6.45, 7) is 1.01. The van der Waals surface area contributed by atoms with E-state index in [-0.39, 0.29) is 14.3 Å². The van der Waals surface area contributed by atoms with Crippen molar-refractivity contribution in [2.45, 2.75) is 12.8 Å². The van der Waals surface area contributed by atoms with Crippen LogP contribution in [0.3, 0.4) is 0 Å². The molecule has 0 aliphatic carbocycles. The predicted molar refractivity (Wildman–Crippen MR) is 77.5 cm³/mol. The first-order chi connectivity index (χ1) is 8.42. The average molecular weight is 405 g/mol. The van der Waals surface area contributed by atoms with Crippen LogP contribution < -0.4 is 4.72 Å². The summed E-state index contributed by atoms with van der Waals surface area (Å²) in [5.41, 5.74) is 0.203. The van der Waals surface area contributed by atoms with Gasteiger partial charge in [-0.2, -0.15) is 12.7 Å². The van der Waals surface area contributed by atoms with Crippen molar-refractivity contribution in [2.75, 3.05) is 17.8 Å². The van der Waals surface area contributed by atoms with Gasteiger partial charge in [0.25, 0.3) is 0 Å². The molecule has 2 rings (SSSR count). The molecule has 1 aliphatic rings. The van der Waals surface area contributed by atoms with Crippen LogP contribution in [-0.2, 0) is 10.2 Å². The summed E-state index contributed by atoms with van der Waals surface area (Å²) >= 11 is 7.66. The minimum absolute atomic E-state index is 0.0818. The molecule has 1 aliphatic heterocycles. The number of halogens is 3. The maximum Gasteiger partial charge on any atom is 0.301 e. The second-order valence-corrected chi connectivity index (χ2v) is 7.06. The number of nitrogens with zero attached hydrogens (tertiary/aromatic N) is 1. The molecule has 100 valence electrons. The molecule has 0 spiro atoms. The number of hydrogen-bond acceptors (Lipinski definition) is 2. The van der Waals surface area contributed by atoms with Gasteiger partial charge in [0, 0.05) is 13.1 Å². The van der Waals surface area contributed by atoms with Crippen molar-refractivity contribution in [3.63, 3.8) is 0 Å². The van der Waals surface area contributed by atoms with Crippen LogP contribution in [0.2, 0.25) is 5.02 Å². The highest BCUT2D eigenvalue weighted by atomic mass is 127. The van der Waals surface area contributed by atoms with Crippen LogP contribution in [0.15, 0.2) is 12.1 Å². The van der Waals surface area contributed by atoms with Crippen LogP contribution in [0.25, 0.3) is 0 Å². The van der Waals surface area contributed by atoms with Gasteiger partial charge in [-0.05, 0) is 47.6 Å². The van der Waals surface area contributed by atoms with E-state index < -0.39 is 16.0 Å². The first kappa shape index (κ1) is 14.3. The Labute approximate surface area is 124 Å². The Balaban J connectivity index is 2.26. The Morgan fingerprint density at radius 2 is 1.94 bits per heavy atom.